The maximum atomic E-state index is 11.0. The zero-order chi connectivity index (χ0) is 11.6. The zero-order valence-corrected chi connectivity index (χ0v) is 9.54. The fourth-order valence-electron chi connectivity index (χ4n) is 1.49. The van der Waals surface area contributed by atoms with Crippen molar-refractivity contribution in [3.05, 3.63) is 18.4 Å². The van der Waals surface area contributed by atoms with Gasteiger partial charge in [0.2, 0.25) is 0 Å². The predicted molar refractivity (Wildman–Crippen MR) is 61.1 cm³/mol. The summed E-state index contributed by atoms with van der Waals surface area (Å²) in [5.41, 5.74) is 2.42. The maximum absolute atomic E-state index is 11.0. The molecule has 1 N–H and O–H groups in total. The molecule has 0 aromatic rings. The molecular weight excluding hydrogens is 206 g/mol. The molecule has 1 rings (SSSR count). The Morgan fingerprint density at radius 2 is 2.56 bits per heavy atom. The van der Waals surface area contributed by atoms with Gasteiger partial charge in [-0.3, -0.25) is 4.79 Å². The second-order valence-electron chi connectivity index (χ2n) is 3.80. The Balaban J connectivity index is 1.87. The number of carbonyl (C=O) groups excluding carboxylic acids is 1. The Labute approximate surface area is 96.3 Å². The first-order chi connectivity index (χ1) is 7.83. The fourth-order valence-corrected chi connectivity index (χ4v) is 1.49. The third-order valence-corrected chi connectivity index (χ3v) is 2.38. The van der Waals surface area contributed by atoms with E-state index < -0.39 is 0 Å². The highest BCUT2D eigenvalue weighted by Gasteiger charge is 2.14. The van der Waals surface area contributed by atoms with E-state index in [1.54, 1.807) is 0 Å². The third-order valence-electron chi connectivity index (χ3n) is 2.38. The predicted octanol–water partition coefficient (Wildman–Crippen LogP) is 0.887. The lowest BCUT2D eigenvalue weighted by molar-refractivity contribution is -0.116. The SMILES string of the molecule is C=C=CC(=O)NCCCOCC1CCOC1. The summed E-state index contributed by atoms with van der Waals surface area (Å²) in [5, 5.41) is 2.71. The molecule has 1 aliphatic rings. The molecule has 1 amide bonds. The summed E-state index contributed by atoms with van der Waals surface area (Å²) in [6, 6.07) is 0. The first-order valence-electron chi connectivity index (χ1n) is 5.62. The van der Waals surface area contributed by atoms with E-state index in [0.29, 0.717) is 19.1 Å². The topological polar surface area (TPSA) is 47.6 Å². The summed E-state index contributed by atoms with van der Waals surface area (Å²) in [5.74, 6) is 0.400. The Bertz CT molecular complexity index is 253. The lowest BCUT2D eigenvalue weighted by Gasteiger charge is -2.08. The summed E-state index contributed by atoms with van der Waals surface area (Å²) in [4.78, 5) is 11.0. The van der Waals surface area contributed by atoms with Crippen LogP contribution >= 0.6 is 0 Å². The summed E-state index contributed by atoms with van der Waals surface area (Å²) in [6.07, 6.45) is 3.21. The van der Waals surface area contributed by atoms with Crippen molar-refractivity contribution in [1.29, 1.82) is 0 Å². The van der Waals surface area contributed by atoms with Gasteiger partial charge in [-0.1, -0.05) is 6.58 Å². The van der Waals surface area contributed by atoms with E-state index in [1.807, 2.05) is 0 Å². The van der Waals surface area contributed by atoms with Crippen LogP contribution in [0.2, 0.25) is 0 Å². The van der Waals surface area contributed by atoms with Crippen LogP contribution in [0.3, 0.4) is 0 Å². The first kappa shape index (κ1) is 13.0. The number of rotatable bonds is 7. The van der Waals surface area contributed by atoms with Crippen LogP contribution < -0.4 is 5.32 Å². The molecule has 4 nitrogen and oxygen atoms in total. The minimum Gasteiger partial charge on any atom is -0.381 e. The summed E-state index contributed by atoms with van der Waals surface area (Å²) >= 11 is 0. The highest BCUT2D eigenvalue weighted by Crippen LogP contribution is 2.12. The average Bonchev–Trinajstić information content (AvgIpc) is 2.76. The molecule has 0 aliphatic carbocycles. The number of carbonyl (C=O) groups is 1. The third kappa shape index (κ3) is 5.71. The highest BCUT2D eigenvalue weighted by molar-refractivity contribution is 5.87. The van der Waals surface area contributed by atoms with Gasteiger partial charge in [0.05, 0.1) is 13.2 Å². The molecule has 16 heavy (non-hydrogen) atoms. The second-order valence-corrected chi connectivity index (χ2v) is 3.80. The smallest absolute Gasteiger partial charge is 0.251 e. The van der Waals surface area contributed by atoms with Gasteiger partial charge >= 0.3 is 0 Å². The van der Waals surface area contributed by atoms with Crippen LogP contribution in [0, 0.1) is 5.92 Å². The average molecular weight is 225 g/mol. The number of hydrogen-bond acceptors (Lipinski definition) is 3. The van der Waals surface area contributed by atoms with Gasteiger partial charge in [-0.2, -0.15) is 0 Å². The summed E-state index contributed by atoms with van der Waals surface area (Å²) in [6.45, 7) is 7.07. The normalized spacial score (nSPS) is 19.1. The van der Waals surface area contributed by atoms with E-state index >= 15 is 0 Å². The van der Waals surface area contributed by atoms with E-state index in [-0.39, 0.29) is 5.91 Å². The van der Waals surface area contributed by atoms with Crippen LogP contribution in [0.4, 0.5) is 0 Å². The minimum absolute atomic E-state index is 0.154. The van der Waals surface area contributed by atoms with Gasteiger partial charge in [0.1, 0.15) is 0 Å². The van der Waals surface area contributed by atoms with Crippen molar-refractivity contribution in [3.63, 3.8) is 0 Å². The van der Waals surface area contributed by atoms with Gasteiger partial charge in [-0.25, -0.2) is 0 Å². The number of ether oxygens (including phenoxy) is 2. The van der Waals surface area contributed by atoms with Crippen LogP contribution in [0.5, 0.6) is 0 Å². The van der Waals surface area contributed by atoms with Crippen molar-refractivity contribution >= 4 is 5.91 Å². The van der Waals surface area contributed by atoms with Gasteiger partial charge < -0.3 is 14.8 Å². The van der Waals surface area contributed by atoms with Crippen molar-refractivity contribution < 1.29 is 14.3 Å². The quantitative estimate of drug-likeness (QED) is 0.397. The van der Waals surface area contributed by atoms with Crippen molar-refractivity contribution in [2.45, 2.75) is 12.8 Å². The molecule has 1 saturated heterocycles. The fraction of sp³-hybridized carbons (Fsp3) is 0.667. The Hall–Kier alpha value is -1.09. The van der Waals surface area contributed by atoms with Crippen molar-refractivity contribution in [2.75, 3.05) is 33.0 Å². The molecule has 0 saturated carbocycles. The summed E-state index contributed by atoms with van der Waals surface area (Å²) in [7, 11) is 0. The van der Waals surface area contributed by atoms with Crippen LogP contribution in [0.15, 0.2) is 18.4 Å². The molecule has 0 aromatic heterocycles. The van der Waals surface area contributed by atoms with Crippen LogP contribution in [-0.4, -0.2) is 38.9 Å². The van der Waals surface area contributed by atoms with E-state index in [4.69, 9.17) is 9.47 Å². The molecule has 4 heteroatoms. The van der Waals surface area contributed by atoms with Crippen molar-refractivity contribution in [1.82, 2.24) is 5.32 Å². The maximum Gasteiger partial charge on any atom is 0.251 e. The first-order valence-corrected chi connectivity index (χ1v) is 5.62. The van der Waals surface area contributed by atoms with Crippen LogP contribution in [-0.2, 0) is 14.3 Å². The molecule has 1 atom stereocenters. The van der Waals surface area contributed by atoms with Crippen molar-refractivity contribution in [3.8, 4) is 0 Å². The van der Waals surface area contributed by atoms with E-state index in [9.17, 15) is 4.79 Å². The Kier molecular flexibility index (Phi) is 6.58. The van der Waals surface area contributed by atoms with E-state index in [2.05, 4.69) is 17.6 Å². The van der Waals surface area contributed by atoms with E-state index in [0.717, 1.165) is 32.7 Å². The molecule has 1 unspecified atom stereocenters. The number of hydrogen-bond donors (Lipinski definition) is 1. The molecule has 0 spiro atoms. The number of amides is 1. The monoisotopic (exact) mass is 225 g/mol. The van der Waals surface area contributed by atoms with E-state index in [1.165, 1.54) is 6.08 Å². The largest absolute Gasteiger partial charge is 0.381 e. The molecule has 1 heterocycles. The van der Waals surface area contributed by atoms with Crippen LogP contribution in [0.25, 0.3) is 0 Å². The van der Waals surface area contributed by atoms with Crippen molar-refractivity contribution in [2.24, 2.45) is 5.92 Å². The Morgan fingerprint density at radius 1 is 1.69 bits per heavy atom. The number of nitrogens with one attached hydrogen (secondary N) is 1. The molecule has 0 radical (unpaired) electrons. The summed E-state index contributed by atoms with van der Waals surface area (Å²) < 4.78 is 10.7. The lowest BCUT2D eigenvalue weighted by atomic mass is 10.1. The van der Waals surface area contributed by atoms with Gasteiger partial charge in [0.15, 0.2) is 0 Å². The molecule has 90 valence electrons. The minimum atomic E-state index is -0.154. The van der Waals surface area contributed by atoms with Gasteiger partial charge in [0.25, 0.3) is 5.91 Å². The molecular formula is C12H19NO3. The molecule has 0 bridgehead atoms. The standard InChI is InChI=1S/C12H19NO3/c1-2-4-12(14)13-6-3-7-15-9-11-5-8-16-10-11/h4,11H,1,3,5-10H2,(H,13,14). The Morgan fingerprint density at radius 3 is 3.25 bits per heavy atom. The second kappa shape index (κ2) is 8.11. The van der Waals surface area contributed by atoms with Gasteiger partial charge in [-0.05, 0) is 12.8 Å². The molecule has 1 aliphatic heterocycles. The van der Waals surface area contributed by atoms with Gasteiger partial charge in [0, 0.05) is 31.8 Å². The lowest BCUT2D eigenvalue weighted by Crippen LogP contribution is -2.23. The highest BCUT2D eigenvalue weighted by atomic mass is 16.5. The zero-order valence-electron chi connectivity index (χ0n) is 9.54. The van der Waals surface area contributed by atoms with Crippen LogP contribution in [0.1, 0.15) is 12.8 Å². The molecule has 1 fully saturated rings. The molecule has 0 aromatic carbocycles. The van der Waals surface area contributed by atoms with Gasteiger partial charge in [-0.15, -0.1) is 5.73 Å².